The van der Waals surface area contributed by atoms with E-state index in [4.69, 9.17) is 16.3 Å². The molecule has 0 radical (unpaired) electrons. The first kappa shape index (κ1) is 27.9. The number of halogens is 1. The van der Waals surface area contributed by atoms with Crippen LogP contribution >= 0.6 is 23.4 Å². The minimum Gasteiger partial charge on any atom is -0.494 e. The first-order chi connectivity index (χ1) is 17.3. The molecule has 0 unspecified atom stereocenters. The van der Waals surface area contributed by atoms with E-state index >= 15 is 0 Å². The van der Waals surface area contributed by atoms with Crippen molar-refractivity contribution in [3.63, 3.8) is 0 Å². The van der Waals surface area contributed by atoms with E-state index in [1.165, 1.54) is 0 Å². The summed E-state index contributed by atoms with van der Waals surface area (Å²) in [6.07, 6.45) is 0.769. The molecule has 0 atom stereocenters. The van der Waals surface area contributed by atoms with Crippen LogP contribution in [0.3, 0.4) is 0 Å². The number of aryl methyl sites for hydroxylation is 1. The van der Waals surface area contributed by atoms with Gasteiger partial charge in [-0.25, -0.2) is 8.42 Å². The molecule has 0 aliphatic rings. The van der Waals surface area contributed by atoms with Crippen molar-refractivity contribution in [3.8, 4) is 5.75 Å². The lowest BCUT2D eigenvalue weighted by molar-refractivity contribution is -0.119. The van der Waals surface area contributed by atoms with Crippen molar-refractivity contribution in [3.05, 3.63) is 88.9 Å². The average Bonchev–Trinajstić information content (AvgIpc) is 2.86. The van der Waals surface area contributed by atoms with E-state index in [0.717, 1.165) is 38.4 Å². The van der Waals surface area contributed by atoms with E-state index in [1.807, 2.05) is 38.1 Å². The van der Waals surface area contributed by atoms with Gasteiger partial charge in [0.1, 0.15) is 12.3 Å². The topological polar surface area (TPSA) is 75.7 Å². The summed E-state index contributed by atoms with van der Waals surface area (Å²) in [7, 11) is -3.95. The van der Waals surface area contributed by atoms with E-state index in [2.05, 4.69) is 5.32 Å². The Labute approximate surface area is 223 Å². The summed E-state index contributed by atoms with van der Waals surface area (Å²) in [6.45, 7) is 4.41. The third kappa shape index (κ3) is 8.18. The smallest absolute Gasteiger partial charge is 0.264 e. The fourth-order valence-corrected chi connectivity index (χ4v) is 5.97. The standard InChI is InChI=1S/C27H31ClN2O4S2/c1-3-34-25-12-10-24(11-13-25)30(36(32,33)26-14-8-21(2)9-15-26)19-27(31)29-16-5-17-35-20-22-6-4-7-23(28)18-22/h4,6-15,18H,3,5,16-17,19-20H2,1-2H3,(H,29,31). The molecule has 36 heavy (non-hydrogen) atoms. The molecule has 0 saturated carbocycles. The molecule has 9 heteroatoms. The van der Waals surface area contributed by atoms with Crippen molar-refractivity contribution in [1.29, 1.82) is 0 Å². The number of nitrogens with zero attached hydrogens (tertiary/aromatic N) is 1. The van der Waals surface area contributed by atoms with Gasteiger partial charge in [0.05, 0.1) is 17.2 Å². The van der Waals surface area contributed by atoms with E-state index < -0.39 is 10.0 Å². The molecule has 3 aromatic rings. The molecule has 3 rings (SSSR count). The highest BCUT2D eigenvalue weighted by atomic mass is 35.5. The van der Waals surface area contributed by atoms with Crippen LogP contribution in [0, 0.1) is 6.92 Å². The van der Waals surface area contributed by atoms with Gasteiger partial charge >= 0.3 is 0 Å². The first-order valence-corrected chi connectivity index (χ1v) is 14.7. The van der Waals surface area contributed by atoms with Crippen LogP contribution in [0.5, 0.6) is 5.75 Å². The van der Waals surface area contributed by atoms with Crippen LogP contribution in [0.4, 0.5) is 5.69 Å². The predicted molar refractivity (Wildman–Crippen MR) is 149 cm³/mol. The Morgan fingerprint density at radius 3 is 2.44 bits per heavy atom. The van der Waals surface area contributed by atoms with E-state index in [9.17, 15) is 13.2 Å². The van der Waals surface area contributed by atoms with Crippen LogP contribution in [0.15, 0.2) is 77.7 Å². The number of carbonyl (C=O) groups excluding carboxylic acids is 1. The van der Waals surface area contributed by atoms with Crippen LogP contribution < -0.4 is 14.4 Å². The second-order valence-corrected chi connectivity index (χ2v) is 11.5. The number of nitrogens with one attached hydrogen (secondary N) is 1. The molecule has 1 N–H and O–H groups in total. The minimum absolute atomic E-state index is 0.132. The van der Waals surface area contributed by atoms with Gasteiger partial charge in [-0.1, -0.05) is 41.4 Å². The number of anilines is 1. The largest absolute Gasteiger partial charge is 0.494 e. The summed E-state index contributed by atoms with van der Waals surface area (Å²) in [5.74, 6) is 1.97. The normalized spacial score (nSPS) is 11.2. The van der Waals surface area contributed by atoms with E-state index in [1.54, 1.807) is 60.3 Å². The number of hydrogen-bond donors (Lipinski definition) is 1. The van der Waals surface area contributed by atoms with Crippen LogP contribution in [0.2, 0.25) is 5.02 Å². The maximum absolute atomic E-state index is 13.5. The third-order valence-electron chi connectivity index (χ3n) is 5.28. The van der Waals surface area contributed by atoms with Crippen LogP contribution in [-0.2, 0) is 20.6 Å². The quantitative estimate of drug-likeness (QED) is 0.279. The molecule has 0 spiro atoms. The van der Waals surface area contributed by atoms with Crippen molar-refractivity contribution in [2.24, 2.45) is 0 Å². The monoisotopic (exact) mass is 546 g/mol. The lowest BCUT2D eigenvalue weighted by atomic mass is 10.2. The van der Waals surface area contributed by atoms with Gasteiger partial charge in [-0.15, -0.1) is 0 Å². The lowest BCUT2D eigenvalue weighted by Gasteiger charge is -2.24. The predicted octanol–water partition coefficient (Wildman–Crippen LogP) is 5.68. The van der Waals surface area contributed by atoms with Gasteiger partial charge in [-0.2, -0.15) is 11.8 Å². The third-order valence-corrected chi connectivity index (χ3v) is 8.42. The van der Waals surface area contributed by atoms with Crippen molar-refractivity contribution >= 4 is 45.0 Å². The van der Waals surface area contributed by atoms with Gasteiger partial charge < -0.3 is 10.1 Å². The van der Waals surface area contributed by atoms with Gasteiger partial charge in [0, 0.05) is 17.3 Å². The average molecular weight is 547 g/mol. The van der Waals surface area contributed by atoms with Gasteiger partial charge in [0.15, 0.2) is 0 Å². The number of amides is 1. The number of benzene rings is 3. The molecule has 0 aliphatic heterocycles. The van der Waals surface area contributed by atoms with Gasteiger partial charge in [-0.05, 0) is 80.1 Å². The van der Waals surface area contributed by atoms with E-state index in [0.29, 0.717) is 24.6 Å². The lowest BCUT2D eigenvalue weighted by Crippen LogP contribution is -2.41. The first-order valence-electron chi connectivity index (χ1n) is 11.7. The van der Waals surface area contributed by atoms with Crippen LogP contribution in [0.25, 0.3) is 0 Å². The van der Waals surface area contributed by atoms with Crippen molar-refractivity contribution in [2.45, 2.75) is 30.9 Å². The van der Waals surface area contributed by atoms with Gasteiger partial charge in [0.2, 0.25) is 5.91 Å². The highest BCUT2D eigenvalue weighted by Gasteiger charge is 2.27. The zero-order valence-electron chi connectivity index (χ0n) is 20.4. The SMILES string of the molecule is CCOc1ccc(N(CC(=O)NCCCSCc2cccc(Cl)c2)S(=O)(=O)c2ccc(C)cc2)cc1. The summed E-state index contributed by atoms with van der Waals surface area (Å²) in [5.41, 5.74) is 2.50. The Hall–Kier alpha value is -2.68. The Kier molecular flexibility index (Phi) is 10.5. The summed E-state index contributed by atoms with van der Waals surface area (Å²) in [4.78, 5) is 12.9. The number of ether oxygens (including phenoxy) is 1. The molecule has 6 nitrogen and oxygen atoms in total. The molecule has 0 aliphatic carbocycles. The maximum atomic E-state index is 13.5. The zero-order chi connectivity index (χ0) is 26.0. The Morgan fingerprint density at radius 2 is 1.78 bits per heavy atom. The summed E-state index contributed by atoms with van der Waals surface area (Å²) in [5, 5.41) is 3.57. The molecule has 0 aromatic heterocycles. The number of thioether (sulfide) groups is 1. The molecular formula is C27H31ClN2O4S2. The number of hydrogen-bond acceptors (Lipinski definition) is 5. The molecular weight excluding hydrogens is 516 g/mol. The fourth-order valence-electron chi connectivity index (χ4n) is 3.43. The van der Waals surface area contributed by atoms with Crippen LogP contribution in [0.1, 0.15) is 24.5 Å². The van der Waals surface area contributed by atoms with E-state index in [-0.39, 0.29) is 17.3 Å². The molecule has 0 heterocycles. The van der Waals surface area contributed by atoms with Gasteiger partial charge in [0.25, 0.3) is 10.0 Å². The molecule has 0 bridgehead atoms. The number of rotatable bonds is 13. The minimum atomic E-state index is -3.95. The van der Waals surface area contributed by atoms with Crippen molar-refractivity contribution < 1.29 is 17.9 Å². The van der Waals surface area contributed by atoms with Crippen molar-refractivity contribution in [2.75, 3.05) is 29.8 Å². The number of carbonyl (C=O) groups is 1. The molecule has 3 aromatic carbocycles. The molecule has 0 fully saturated rings. The Bertz CT molecular complexity index is 1230. The summed E-state index contributed by atoms with van der Waals surface area (Å²) < 4.78 is 33.5. The fraction of sp³-hybridized carbons (Fsp3) is 0.296. The zero-order valence-corrected chi connectivity index (χ0v) is 22.8. The van der Waals surface area contributed by atoms with Gasteiger partial charge in [-0.3, -0.25) is 9.10 Å². The molecule has 1 amide bonds. The maximum Gasteiger partial charge on any atom is 0.264 e. The summed E-state index contributed by atoms with van der Waals surface area (Å²) >= 11 is 7.78. The van der Waals surface area contributed by atoms with Crippen LogP contribution in [-0.4, -0.2) is 39.8 Å². The summed E-state index contributed by atoms with van der Waals surface area (Å²) in [6, 6.07) is 21.0. The Balaban J connectivity index is 1.61. The second-order valence-electron chi connectivity index (χ2n) is 8.14. The molecule has 0 saturated heterocycles. The number of sulfonamides is 1. The highest BCUT2D eigenvalue weighted by Crippen LogP contribution is 2.26. The second kappa shape index (κ2) is 13.6. The highest BCUT2D eigenvalue weighted by molar-refractivity contribution is 7.98. The van der Waals surface area contributed by atoms with Crippen molar-refractivity contribution in [1.82, 2.24) is 5.32 Å². The molecule has 192 valence electrons. The Morgan fingerprint density at radius 1 is 1.06 bits per heavy atom.